The van der Waals surface area contributed by atoms with E-state index in [1.165, 1.54) is 16.9 Å². The molecule has 2 saturated heterocycles. The summed E-state index contributed by atoms with van der Waals surface area (Å²) in [5.41, 5.74) is 0.588. The second-order valence-electron chi connectivity index (χ2n) is 6.26. The normalized spacial score (nSPS) is 25.6. The molecule has 3 amide bonds. The summed E-state index contributed by atoms with van der Waals surface area (Å²) in [6, 6.07) is 2.34. The summed E-state index contributed by atoms with van der Waals surface area (Å²) in [4.78, 5) is 27.8. The van der Waals surface area contributed by atoms with Crippen LogP contribution in [0.2, 0.25) is 0 Å². The third-order valence-corrected chi connectivity index (χ3v) is 5.05. The van der Waals surface area contributed by atoms with Gasteiger partial charge < -0.3 is 5.32 Å². The molecule has 2 aliphatic heterocycles. The van der Waals surface area contributed by atoms with E-state index in [4.69, 9.17) is 0 Å². The average molecular weight is 307 g/mol. The van der Waals surface area contributed by atoms with Gasteiger partial charge in [0.25, 0.3) is 5.91 Å². The number of rotatable bonds is 4. The highest BCUT2D eigenvalue weighted by Crippen LogP contribution is 2.32. The Labute approximate surface area is 128 Å². The lowest BCUT2D eigenvalue weighted by molar-refractivity contribution is -0.130. The number of urea groups is 1. The van der Waals surface area contributed by atoms with Crippen LogP contribution in [0.5, 0.6) is 0 Å². The van der Waals surface area contributed by atoms with Gasteiger partial charge in [-0.25, -0.2) is 4.79 Å². The Morgan fingerprint density at radius 2 is 2.19 bits per heavy atom. The van der Waals surface area contributed by atoms with Crippen LogP contribution in [-0.2, 0) is 4.79 Å². The van der Waals surface area contributed by atoms with E-state index in [0.29, 0.717) is 12.6 Å². The van der Waals surface area contributed by atoms with Crippen molar-refractivity contribution in [2.75, 3.05) is 19.6 Å². The van der Waals surface area contributed by atoms with Crippen molar-refractivity contribution in [3.8, 4) is 0 Å². The molecule has 2 fully saturated rings. The topological polar surface area (TPSA) is 52.7 Å². The zero-order valence-electron chi connectivity index (χ0n) is 12.5. The van der Waals surface area contributed by atoms with Crippen molar-refractivity contribution in [2.45, 2.75) is 38.3 Å². The van der Waals surface area contributed by atoms with Crippen molar-refractivity contribution in [1.82, 2.24) is 15.1 Å². The Morgan fingerprint density at radius 1 is 1.38 bits per heavy atom. The number of amides is 3. The van der Waals surface area contributed by atoms with E-state index in [9.17, 15) is 9.59 Å². The smallest absolute Gasteiger partial charge is 0.324 e. The Bertz CT molecular complexity index is 541. The van der Waals surface area contributed by atoms with Crippen LogP contribution in [0.1, 0.15) is 38.3 Å². The molecule has 21 heavy (non-hydrogen) atoms. The van der Waals surface area contributed by atoms with E-state index in [1.807, 2.05) is 0 Å². The molecule has 1 atom stereocenters. The maximum Gasteiger partial charge on any atom is 0.325 e. The minimum Gasteiger partial charge on any atom is -0.324 e. The maximum absolute atomic E-state index is 12.2. The molecule has 2 aliphatic rings. The van der Waals surface area contributed by atoms with Gasteiger partial charge in [-0.1, -0.05) is 0 Å². The molecule has 3 heterocycles. The standard InChI is InChI=1S/C15H21N3O2S/c1-15(2)13(19)18(14(20)16-15)8-7-17-6-3-4-12(17)11-5-9-21-10-11/h5,9-10,12H,3-4,6-8H2,1-2H3,(H,16,20)/t12-/m0/s1. The quantitative estimate of drug-likeness (QED) is 0.868. The monoisotopic (exact) mass is 307 g/mol. The fourth-order valence-electron chi connectivity index (χ4n) is 3.19. The molecule has 0 aromatic carbocycles. The second kappa shape index (κ2) is 5.42. The van der Waals surface area contributed by atoms with Crippen molar-refractivity contribution in [3.63, 3.8) is 0 Å². The first-order valence-corrected chi connectivity index (χ1v) is 8.33. The van der Waals surface area contributed by atoms with Gasteiger partial charge in [-0.15, -0.1) is 0 Å². The van der Waals surface area contributed by atoms with Gasteiger partial charge in [0, 0.05) is 19.1 Å². The van der Waals surface area contributed by atoms with E-state index >= 15 is 0 Å². The number of nitrogens with zero attached hydrogens (tertiary/aromatic N) is 2. The van der Waals surface area contributed by atoms with Crippen LogP contribution in [0, 0.1) is 0 Å². The maximum atomic E-state index is 12.2. The third kappa shape index (κ3) is 2.70. The van der Waals surface area contributed by atoms with Crippen LogP contribution in [0.25, 0.3) is 0 Å². The van der Waals surface area contributed by atoms with Crippen LogP contribution in [-0.4, -0.2) is 46.9 Å². The molecular weight excluding hydrogens is 286 g/mol. The first kappa shape index (κ1) is 14.5. The summed E-state index contributed by atoms with van der Waals surface area (Å²) in [6.07, 6.45) is 2.33. The van der Waals surface area contributed by atoms with Crippen molar-refractivity contribution in [1.29, 1.82) is 0 Å². The number of carbonyl (C=O) groups is 2. The molecule has 114 valence electrons. The fraction of sp³-hybridized carbons (Fsp3) is 0.600. The van der Waals surface area contributed by atoms with Gasteiger partial charge >= 0.3 is 6.03 Å². The van der Waals surface area contributed by atoms with E-state index in [2.05, 4.69) is 27.0 Å². The van der Waals surface area contributed by atoms with Gasteiger partial charge in [-0.3, -0.25) is 14.6 Å². The number of nitrogens with one attached hydrogen (secondary N) is 1. The zero-order chi connectivity index (χ0) is 15.0. The number of thiophene rings is 1. The molecule has 0 aliphatic carbocycles. The van der Waals surface area contributed by atoms with Crippen molar-refractivity contribution in [2.24, 2.45) is 0 Å². The molecule has 0 radical (unpaired) electrons. The van der Waals surface area contributed by atoms with Crippen LogP contribution >= 0.6 is 11.3 Å². The van der Waals surface area contributed by atoms with Gasteiger partial charge in [0.1, 0.15) is 5.54 Å². The lowest BCUT2D eigenvalue weighted by Crippen LogP contribution is -2.41. The number of carbonyl (C=O) groups excluding carboxylic acids is 2. The highest BCUT2D eigenvalue weighted by atomic mass is 32.1. The van der Waals surface area contributed by atoms with E-state index < -0.39 is 5.54 Å². The zero-order valence-corrected chi connectivity index (χ0v) is 13.3. The number of likely N-dealkylation sites (tertiary alicyclic amines) is 1. The van der Waals surface area contributed by atoms with E-state index in [0.717, 1.165) is 19.5 Å². The van der Waals surface area contributed by atoms with Crippen LogP contribution in [0.4, 0.5) is 4.79 Å². The number of hydrogen-bond donors (Lipinski definition) is 1. The lowest BCUT2D eigenvalue weighted by Gasteiger charge is -2.26. The first-order valence-electron chi connectivity index (χ1n) is 7.39. The molecule has 5 nitrogen and oxygen atoms in total. The molecule has 0 spiro atoms. The molecule has 6 heteroatoms. The van der Waals surface area contributed by atoms with E-state index in [-0.39, 0.29) is 11.9 Å². The fourth-order valence-corrected chi connectivity index (χ4v) is 3.89. The molecule has 1 aromatic heterocycles. The Kier molecular flexibility index (Phi) is 3.75. The summed E-state index contributed by atoms with van der Waals surface area (Å²) in [6.45, 7) is 5.74. The molecule has 0 saturated carbocycles. The highest BCUT2D eigenvalue weighted by Gasteiger charge is 2.44. The van der Waals surface area contributed by atoms with Crippen molar-refractivity contribution < 1.29 is 9.59 Å². The van der Waals surface area contributed by atoms with Crippen LogP contribution in [0.3, 0.4) is 0 Å². The number of imide groups is 1. The van der Waals surface area contributed by atoms with Gasteiger partial charge in [0.2, 0.25) is 0 Å². The first-order chi connectivity index (χ1) is 9.99. The van der Waals surface area contributed by atoms with E-state index in [1.54, 1.807) is 25.2 Å². The SMILES string of the molecule is CC1(C)NC(=O)N(CCN2CCC[C@H]2c2ccsc2)C1=O. The summed E-state index contributed by atoms with van der Waals surface area (Å²) < 4.78 is 0. The molecule has 1 N–H and O–H groups in total. The minimum absolute atomic E-state index is 0.126. The number of hydrogen-bond acceptors (Lipinski definition) is 4. The van der Waals surface area contributed by atoms with Crippen molar-refractivity contribution in [3.05, 3.63) is 22.4 Å². The molecule has 3 rings (SSSR count). The predicted octanol–water partition coefficient (Wildman–Crippen LogP) is 2.22. The Morgan fingerprint density at radius 3 is 2.81 bits per heavy atom. The largest absolute Gasteiger partial charge is 0.325 e. The minimum atomic E-state index is -0.769. The molecule has 0 bridgehead atoms. The molecular formula is C15H21N3O2S. The lowest BCUT2D eigenvalue weighted by atomic mass is 10.1. The molecule has 0 unspecified atom stereocenters. The van der Waals surface area contributed by atoms with Gasteiger partial charge in [-0.05, 0) is 55.6 Å². The summed E-state index contributed by atoms with van der Waals surface area (Å²) in [5.74, 6) is -0.126. The summed E-state index contributed by atoms with van der Waals surface area (Å²) in [7, 11) is 0. The summed E-state index contributed by atoms with van der Waals surface area (Å²) in [5, 5.41) is 7.02. The van der Waals surface area contributed by atoms with Gasteiger partial charge in [0.15, 0.2) is 0 Å². The van der Waals surface area contributed by atoms with Gasteiger partial charge in [-0.2, -0.15) is 11.3 Å². The summed E-state index contributed by atoms with van der Waals surface area (Å²) >= 11 is 1.72. The third-order valence-electron chi connectivity index (χ3n) is 4.35. The molecule has 1 aromatic rings. The van der Waals surface area contributed by atoms with Gasteiger partial charge in [0.05, 0.1) is 0 Å². The van der Waals surface area contributed by atoms with Crippen LogP contribution < -0.4 is 5.32 Å². The average Bonchev–Trinajstić information content (AvgIpc) is 3.10. The second-order valence-corrected chi connectivity index (χ2v) is 7.04. The van der Waals surface area contributed by atoms with Crippen LogP contribution in [0.15, 0.2) is 16.8 Å². The Hall–Kier alpha value is -1.40. The predicted molar refractivity (Wildman–Crippen MR) is 82.2 cm³/mol. The highest BCUT2D eigenvalue weighted by molar-refractivity contribution is 7.07. The Balaban J connectivity index is 1.63. The van der Waals surface area contributed by atoms with Crippen molar-refractivity contribution >= 4 is 23.3 Å².